The van der Waals surface area contributed by atoms with Crippen LogP contribution in [0.15, 0.2) is 0 Å². The molecule has 100 valence electrons. The second kappa shape index (κ2) is 4.93. The summed E-state index contributed by atoms with van der Waals surface area (Å²) in [6.07, 6.45) is 1.85. The van der Waals surface area contributed by atoms with E-state index in [0.717, 1.165) is 17.8 Å². The molecule has 1 aliphatic carbocycles. The van der Waals surface area contributed by atoms with E-state index < -0.39 is 6.10 Å². The summed E-state index contributed by atoms with van der Waals surface area (Å²) in [7, 11) is 0. The van der Waals surface area contributed by atoms with Crippen LogP contribution in [0, 0.1) is 5.92 Å². The minimum Gasteiger partial charge on any atom is -0.392 e. The molecule has 18 heavy (non-hydrogen) atoms. The van der Waals surface area contributed by atoms with Crippen molar-refractivity contribution in [2.24, 2.45) is 5.92 Å². The molecule has 2 atom stereocenters. The second-order valence-electron chi connectivity index (χ2n) is 5.76. The summed E-state index contributed by atoms with van der Waals surface area (Å²) in [6, 6.07) is 0. The SMILES string of the molecule is CC(C)(C)c1nnc(NC(=O)C2CCCC2O)s1. The number of aliphatic hydroxyl groups is 1. The molecule has 1 aromatic rings. The van der Waals surface area contributed by atoms with Crippen LogP contribution in [0.5, 0.6) is 0 Å². The Labute approximate surface area is 111 Å². The van der Waals surface area contributed by atoms with Gasteiger partial charge in [0.1, 0.15) is 5.01 Å². The number of hydrogen-bond acceptors (Lipinski definition) is 5. The van der Waals surface area contributed by atoms with Gasteiger partial charge in [-0.2, -0.15) is 0 Å². The first-order valence-corrected chi connectivity index (χ1v) is 7.02. The summed E-state index contributed by atoms with van der Waals surface area (Å²) >= 11 is 1.39. The Morgan fingerprint density at radius 3 is 2.61 bits per heavy atom. The minimum atomic E-state index is -0.514. The predicted octanol–water partition coefficient (Wildman–Crippen LogP) is 1.94. The topological polar surface area (TPSA) is 75.1 Å². The van der Waals surface area contributed by atoms with Gasteiger partial charge in [0, 0.05) is 5.41 Å². The summed E-state index contributed by atoms with van der Waals surface area (Å²) in [5.41, 5.74) is -0.0620. The van der Waals surface area contributed by atoms with Gasteiger partial charge in [-0.25, -0.2) is 0 Å². The van der Waals surface area contributed by atoms with Crippen LogP contribution in [-0.4, -0.2) is 27.3 Å². The molecule has 1 fully saturated rings. The molecule has 1 saturated carbocycles. The zero-order valence-corrected chi connectivity index (χ0v) is 11.8. The number of aromatic nitrogens is 2. The Morgan fingerprint density at radius 2 is 2.11 bits per heavy atom. The number of nitrogens with one attached hydrogen (secondary N) is 1. The maximum atomic E-state index is 12.0. The molecule has 2 unspecified atom stereocenters. The zero-order valence-electron chi connectivity index (χ0n) is 10.9. The number of nitrogens with zero attached hydrogens (tertiary/aromatic N) is 2. The van der Waals surface area contributed by atoms with E-state index in [2.05, 4.69) is 36.3 Å². The molecule has 0 spiro atoms. The largest absolute Gasteiger partial charge is 0.392 e. The summed E-state index contributed by atoms with van der Waals surface area (Å²) in [4.78, 5) is 12.0. The monoisotopic (exact) mass is 269 g/mol. The first kappa shape index (κ1) is 13.4. The van der Waals surface area contributed by atoms with Crippen molar-refractivity contribution in [1.29, 1.82) is 0 Å². The van der Waals surface area contributed by atoms with Gasteiger partial charge in [0.25, 0.3) is 0 Å². The molecule has 5 nitrogen and oxygen atoms in total. The number of anilines is 1. The van der Waals surface area contributed by atoms with Gasteiger partial charge in [0.15, 0.2) is 0 Å². The fraction of sp³-hybridized carbons (Fsp3) is 0.750. The number of carbonyl (C=O) groups excluding carboxylic acids is 1. The van der Waals surface area contributed by atoms with Gasteiger partial charge in [-0.05, 0) is 19.3 Å². The summed E-state index contributed by atoms with van der Waals surface area (Å²) < 4.78 is 0. The normalized spacial score (nSPS) is 24.2. The fourth-order valence-corrected chi connectivity index (χ4v) is 2.83. The molecule has 6 heteroatoms. The van der Waals surface area contributed by atoms with Gasteiger partial charge in [-0.15, -0.1) is 10.2 Å². The van der Waals surface area contributed by atoms with Gasteiger partial charge in [0.05, 0.1) is 12.0 Å². The lowest BCUT2D eigenvalue weighted by Crippen LogP contribution is -2.28. The van der Waals surface area contributed by atoms with E-state index in [0.29, 0.717) is 11.6 Å². The van der Waals surface area contributed by atoms with Gasteiger partial charge < -0.3 is 10.4 Å². The molecule has 0 radical (unpaired) electrons. The summed E-state index contributed by atoms with van der Waals surface area (Å²) in [5, 5.41) is 21.9. The highest BCUT2D eigenvalue weighted by molar-refractivity contribution is 7.15. The van der Waals surface area contributed by atoms with Crippen LogP contribution in [0.2, 0.25) is 0 Å². The Morgan fingerprint density at radius 1 is 1.39 bits per heavy atom. The lowest BCUT2D eigenvalue weighted by atomic mass is 9.98. The van der Waals surface area contributed by atoms with E-state index in [4.69, 9.17) is 0 Å². The Bertz CT molecular complexity index is 439. The third-order valence-corrected chi connectivity index (χ3v) is 4.38. The van der Waals surface area contributed by atoms with Crippen LogP contribution in [0.1, 0.15) is 45.0 Å². The van der Waals surface area contributed by atoms with Crippen LogP contribution in [0.25, 0.3) is 0 Å². The van der Waals surface area contributed by atoms with Crippen molar-refractivity contribution < 1.29 is 9.90 Å². The molecule has 0 saturated heterocycles. The third-order valence-electron chi connectivity index (χ3n) is 3.11. The number of rotatable bonds is 2. The second-order valence-corrected chi connectivity index (χ2v) is 6.73. The van der Waals surface area contributed by atoms with Crippen LogP contribution in [0.4, 0.5) is 5.13 Å². The molecular weight excluding hydrogens is 250 g/mol. The Kier molecular flexibility index (Phi) is 3.68. The highest BCUT2D eigenvalue weighted by Gasteiger charge is 2.32. The molecule has 0 bridgehead atoms. The Balaban J connectivity index is 2.01. The van der Waals surface area contributed by atoms with E-state index in [-0.39, 0.29) is 17.2 Å². The van der Waals surface area contributed by atoms with Gasteiger partial charge in [-0.3, -0.25) is 4.79 Å². The molecule has 0 aromatic carbocycles. The lowest BCUT2D eigenvalue weighted by Gasteiger charge is -2.13. The number of hydrogen-bond donors (Lipinski definition) is 2. The smallest absolute Gasteiger partial charge is 0.231 e. The van der Waals surface area contributed by atoms with Crippen molar-refractivity contribution in [3.8, 4) is 0 Å². The molecule has 0 aliphatic heterocycles. The molecule has 1 aliphatic rings. The van der Waals surface area contributed by atoms with Crippen LogP contribution < -0.4 is 5.32 Å². The van der Waals surface area contributed by atoms with E-state index in [1.54, 1.807) is 0 Å². The number of aliphatic hydroxyl groups excluding tert-OH is 1. The maximum absolute atomic E-state index is 12.0. The predicted molar refractivity (Wildman–Crippen MR) is 70.6 cm³/mol. The van der Waals surface area contributed by atoms with Gasteiger partial charge in [-0.1, -0.05) is 32.1 Å². The number of amides is 1. The Hall–Kier alpha value is -1.01. The number of carbonyl (C=O) groups is 1. The molecular formula is C12H19N3O2S. The molecule has 1 amide bonds. The highest BCUT2D eigenvalue weighted by atomic mass is 32.1. The average Bonchev–Trinajstić information content (AvgIpc) is 2.85. The van der Waals surface area contributed by atoms with Crippen molar-refractivity contribution >= 4 is 22.4 Å². The highest BCUT2D eigenvalue weighted by Crippen LogP contribution is 2.30. The zero-order chi connectivity index (χ0) is 13.3. The first-order chi connectivity index (χ1) is 8.38. The van der Waals surface area contributed by atoms with Crippen molar-refractivity contribution in [3.05, 3.63) is 5.01 Å². The minimum absolute atomic E-state index is 0.0620. The van der Waals surface area contributed by atoms with E-state index in [1.165, 1.54) is 11.3 Å². The quantitative estimate of drug-likeness (QED) is 0.860. The molecule has 2 rings (SSSR count). The van der Waals surface area contributed by atoms with Gasteiger partial charge in [0.2, 0.25) is 11.0 Å². The van der Waals surface area contributed by atoms with Crippen molar-refractivity contribution in [2.45, 2.75) is 51.6 Å². The van der Waals surface area contributed by atoms with Crippen molar-refractivity contribution in [2.75, 3.05) is 5.32 Å². The lowest BCUT2D eigenvalue weighted by molar-refractivity contribution is -0.122. The third kappa shape index (κ3) is 2.87. The van der Waals surface area contributed by atoms with Crippen LogP contribution >= 0.6 is 11.3 Å². The van der Waals surface area contributed by atoms with E-state index in [9.17, 15) is 9.90 Å². The maximum Gasteiger partial charge on any atom is 0.231 e. The summed E-state index contributed by atoms with van der Waals surface area (Å²) in [5.74, 6) is -0.441. The fourth-order valence-electron chi connectivity index (χ4n) is 2.02. The molecule has 2 N–H and O–H groups in total. The standard InChI is InChI=1S/C12H19N3O2S/c1-12(2,3)10-14-15-11(18-10)13-9(17)7-5-4-6-8(7)16/h7-8,16H,4-6H2,1-3H3,(H,13,15,17). The van der Waals surface area contributed by atoms with E-state index >= 15 is 0 Å². The summed E-state index contributed by atoms with van der Waals surface area (Å²) in [6.45, 7) is 6.17. The van der Waals surface area contributed by atoms with Crippen molar-refractivity contribution in [1.82, 2.24) is 10.2 Å². The first-order valence-electron chi connectivity index (χ1n) is 6.21. The van der Waals surface area contributed by atoms with Crippen molar-refractivity contribution in [3.63, 3.8) is 0 Å². The average molecular weight is 269 g/mol. The van der Waals surface area contributed by atoms with E-state index in [1.807, 2.05) is 0 Å². The van der Waals surface area contributed by atoms with Crippen LogP contribution in [-0.2, 0) is 10.2 Å². The molecule has 1 heterocycles. The molecule has 1 aromatic heterocycles. The van der Waals surface area contributed by atoms with Gasteiger partial charge >= 0.3 is 0 Å². The van der Waals surface area contributed by atoms with Crippen LogP contribution in [0.3, 0.4) is 0 Å².